The number of rotatable bonds is 3. The van der Waals surface area contributed by atoms with Gasteiger partial charge in [-0.3, -0.25) is 0 Å². The molecule has 0 bridgehead atoms. The Kier molecular flexibility index (Phi) is 4.10. The van der Waals surface area contributed by atoms with E-state index in [0.29, 0.717) is 12.8 Å². The molecule has 0 radical (unpaired) electrons. The fourth-order valence-electron chi connectivity index (χ4n) is 2.53. The lowest BCUT2D eigenvalue weighted by Crippen LogP contribution is -2.32. The van der Waals surface area contributed by atoms with Crippen LogP contribution < -0.4 is 5.73 Å². The first kappa shape index (κ1) is 14.3. The molecule has 4 nitrogen and oxygen atoms in total. The van der Waals surface area contributed by atoms with Crippen molar-refractivity contribution >= 4 is 15.5 Å². The number of anilines is 1. The van der Waals surface area contributed by atoms with Crippen molar-refractivity contribution in [2.24, 2.45) is 0 Å². The van der Waals surface area contributed by atoms with E-state index in [1.807, 2.05) is 0 Å². The van der Waals surface area contributed by atoms with Gasteiger partial charge in [0.05, 0.1) is 21.9 Å². The Labute approximate surface area is 112 Å². The lowest BCUT2D eigenvalue weighted by molar-refractivity contribution is 0.0720. The highest BCUT2D eigenvalue weighted by Gasteiger charge is 2.34. The highest BCUT2D eigenvalue weighted by Crippen LogP contribution is 2.32. The minimum Gasteiger partial charge on any atom is -0.398 e. The predicted octanol–water partition coefficient (Wildman–Crippen LogP) is 2.14. The van der Waals surface area contributed by atoms with E-state index in [9.17, 15) is 12.8 Å². The Morgan fingerprint density at radius 2 is 2.11 bits per heavy atom. The molecule has 19 heavy (non-hydrogen) atoms. The van der Waals surface area contributed by atoms with Crippen molar-refractivity contribution in [1.29, 1.82) is 0 Å². The van der Waals surface area contributed by atoms with Crippen molar-refractivity contribution in [3.8, 4) is 0 Å². The molecule has 0 spiro atoms. The highest BCUT2D eigenvalue weighted by atomic mass is 32.2. The van der Waals surface area contributed by atoms with Gasteiger partial charge in [0.25, 0.3) is 0 Å². The molecule has 0 saturated heterocycles. The molecule has 2 unspecified atom stereocenters. The van der Waals surface area contributed by atoms with Crippen LogP contribution in [0.15, 0.2) is 23.1 Å². The quantitative estimate of drug-likeness (QED) is 0.865. The van der Waals surface area contributed by atoms with Crippen LogP contribution in [0.1, 0.15) is 25.7 Å². The molecule has 0 heterocycles. The van der Waals surface area contributed by atoms with Crippen molar-refractivity contribution in [3.63, 3.8) is 0 Å². The summed E-state index contributed by atoms with van der Waals surface area (Å²) in [5, 5.41) is -0.546. The van der Waals surface area contributed by atoms with E-state index in [4.69, 9.17) is 10.5 Å². The summed E-state index contributed by atoms with van der Waals surface area (Å²) in [6.45, 7) is 0. The summed E-state index contributed by atoms with van der Waals surface area (Å²) in [4.78, 5) is -0.103. The Balaban J connectivity index is 2.34. The van der Waals surface area contributed by atoms with Crippen LogP contribution in [0.5, 0.6) is 0 Å². The number of nitrogens with two attached hydrogens (primary N) is 1. The smallest absolute Gasteiger partial charge is 0.183 e. The minimum atomic E-state index is -3.60. The Hall–Kier alpha value is -1.14. The van der Waals surface area contributed by atoms with Crippen molar-refractivity contribution in [1.82, 2.24) is 0 Å². The maximum absolute atomic E-state index is 13.2. The van der Waals surface area contributed by atoms with E-state index in [-0.39, 0.29) is 16.7 Å². The fraction of sp³-hybridized carbons (Fsp3) is 0.538. The lowest BCUT2D eigenvalue weighted by atomic mass is 9.97. The van der Waals surface area contributed by atoms with Gasteiger partial charge in [-0.05, 0) is 43.9 Å². The number of halogens is 1. The van der Waals surface area contributed by atoms with Crippen molar-refractivity contribution in [2.75, 3.05) is 12.8 Å². The monoisotopic (exact) mass is 287 g/mol. The molecule has 0 amide bonds. The summed E-state index contributed by atoms with van der Waals surface area (Å²) in [6.07, 6.45) is 2.61. The maximum Gasteiger partial charge on any atom is 0.183 e. The van der Waals surface area contributed by atoms with Gasteiger partial charge in [0.2, 0.25) is 0 Å². The molecular formula is C13H18FNO3S. The molecule has 1 aliphatic rings. The Morgan fingerprint density at radius 3 is 2.79 bits per heavy atom. The van der Waals surface area contributed by atoms with Gasteiger partial charge in [-0.15, -0.1) is 0 Å². The molecule has 2 atom stereocenters. The van der Waals surface area contributed by atoms with E-state index >= 15 is 0 Å². The average molecular weight is 287 g/mol. The molecule has 0 aromatic heterocycles. The van der Waals surface area contributed by atoms with Crippen LogP contribution in [-0.4, -0.2) is 26.9 Å². The number of ether oxygens (including phenoxy) is 1. The van der Waals surface area contributed by atoms with E-state index in [2.05, 4.69) is 0 Å². The molecule has 1 aliphatic carbocycles. The third-order valence-electron chi connectivity index (χ3n) is 3.63. The van der Waals surface area contributed by atoms with E-state index in [1.165, 1.54) is 6.07 Å². The Bertz CT molecular complexity index is 559. The zero-order valence-corrected chi connectivity index (χ0v) is 11.6. The zero-order valence-electron chi connectivity index (χ0n) is 10.8. The summed E-state index contributed by atoms with van der Waals surface area (Å²) >= 11 is 0. The summed E-state index contributed by atoms with van der Waals surface area (Å²) in [7, 11) is -2.02. The van der Waals surface area contributed by atoms with E-state index in [0.717, 1.165) is 25.0 Å². The van der Waals surface area contributed by atoms with Crippen molar-refractivity contribution in [2.45, 2.75) is 41.9 Å². The van der Waals surface area contributed by atoms with Gasteiger partial charge in [-0.1, -0.05) is 0 Å². The predicted molar refractivity (Wildman–Crippen MR) is 71.1 cm³/mol. The number of nitrogen functional groups attached to an aromatic ring is 1. The van der Waals surface area contributed by atoms with Crippen LogP contribution in [-0.2, 0) is 14.6 Å². The molecule has 1 fully saturated rings. The number of methoxy groups -OCH3 is 1. The fourth-order valence-corrected chi connectivity index (χ4v) is 4.51. The number of sulfone groups is 1. The van der Waals surface area contributed by atoms with Crippen LogP contribution in [0.2, 0.25) is 0 Å². The maximum atomic E-state index is 13.2. The third kappa shape index (κ3) is 2.90. The zero-order chi connectivity index (χ0) is 14.0. The SMILES string of the molecule is COC1CCCC(S(=O)(=O)c2cc(F)ccc2N)C1. The topological polar surface area (TPSA) is 69.4 Å². The van der Waals surface area contributed by atoms with Crippen LogP contribution >= 0.6 is 0 Å². The largest absolute Gasteiger partial charge is 0.398 e. The third-order valence-corrected chi connectivity index (χ3v) is 5.90. The van der Waals surface area contributed by atoms with E-state index in [1.54, 1.807) is 7.11 Å². The summed E-state index contributed by atoms with van der Waals surface area (Å²) < 4.78 is 43.5. The molecule has 2 rings (SSSR count). The lowest BCUT2D eigenvalue weighted by Gasteiger charge is -2.28. The number of hydrogen-bond acceptors (Lipinski definition) is 4. The van der Waals surface area contributed by atoms with Crippen LogP contribution in [0, 0.1) is 5.82 Å². The van der Waals surface area contributed by atoms with Gasteiger partial charge in [0.15, 0.2) is 9.84 Å². The van der Waals surface area contributed by atoms with Crippen LogP contribution in [0.4, 0.5) is 10.1 Å². The summed E-state index contributed by atoms with van der Waals surface area (Å²) in [6, 6.07) is 3.45. The molecule has 6 heteroatoms. The second-order valence-electron chi connectivity index (χ2n) is 4.87. The second kappa shape index (κ2) is 5.46. The van der Waals surface area contributed by atoms with Gasteiger partial charge in [0, 0.05) is 7.11 Å². The van der Waals surface area contributed by atoms with Gasteiger partial charge in [-0.2, -0.15) is 0 Å². The summed E-state index contributed by atoms with van der Waals surface area (Å²) in [5.41, 5.74) is 5.77. The molecule has 1 saturated carbocycles. The summed E-state index contributed by atoms with van der Waals surface area (Å²) in [5.74, 6) is -0.591. The average Bonchev–Trinajstić information content (AvgIpc) is 2.41. The first-order chi connectivity index (χ1) is 8.95. The van der Waals surface area contributed by atoms with Gasteiger partial charge in [-0.25, -0.2) is 12.8 Å². The first-order valence-electron chi connectivity index (χ1n) is 6.27. The van der Waals surface area contributed by atoms with Gasteiger partial charge in [0.1, 0.15) is 5.82 Å². The number of benzene rings is 1. The van der Waals surface area contributed by atoms with Crippen LogP contribution in [0.25, 0.3) is 0 Å². The molecule has 1 aromatic rings. The normalized spacial score (nSPS) is 24.3. The molecule has 0 aliphatic heterocycles. The van der Waals surface area contributed by atoms with Crippen LogP contribution in [0.3, 0.4) is 0 Å². The van der Waals surface area contributed by atoms with Gasteiger partial charge < -0.3 is 10.5 Å². The van der Waals surface area contributed by atoms with Crippen molar-refractivity contribution < 1.29 is 17.5 Å². The second-order valence-corrected chi connectivity index (χ2v) is 7.07. The standard InChI is InChI=1S/C13H18FNO3S/c1-18-10-3-2-4-11(8-10)19(16,17)13-7-9(14)5-6-12(13)15/h5-7,10-11H,2-4,8,15H2,1H3. The van der Waals surface area contributed by atoms with Gasteiger partial charge >= 0.3 is 0 Å². The molecule has 2 N–H and O–H groups in total. The highest BCUT2D eigenvalue weighted by molar-refractivity contribution is 7.92. The minimum absolute atomic E-state index is 0.0525. The van der Waals surface area contributed by atoms with E-state index < -0.39 is 20.9 Å². The first-order valence-corrected chi connectivity index (χ1v) is 7.81. The molecule has 106 valence electrons. The molecular weight excluding hydrogens is 269 g/mol. The van der Waals surface area contributed by atoms with Crippen molar-refractivity contribution in [3.05, 3.63) is 24.0 Å². The molecule has 1 aromatic carbocycles. The number of hydrogen-bond donors (Lipinski definition) is 1. The Morgan fingerprint density at radius 1 is 1.37 bits per heavy atom.